The Hall–Kier alpha value is -4.75. The molecule has 0 aliphatic rings. The van der Waals surface area contributed by atoms with Crippen LogP contribution in [-0.4, -0.2) is 79.4 Å². The summed E-state index contributed by atoms with van der Waals surface area (Å²) in [6.45, 7) is 5.25. The SMILES string of the molecule is CC[C@H](C)[C@@H](CN(CC(=O)N[C@@H](CCSC)C(=O)O)Cc1cccc2ccccc12)NC(=O)Cc1cncn1Cc1ccc([N+](=O)[O-])cc1. The van der Waals surface area contributed by atoms with Crippen LogP contribution in [0, 0.1) is 16.0 Å². The second-order valence-electron chi connectivity index (χ2n) is 12.2. The molecule has 4 aromatic rings. The van der Waals surface area contributed by atoms with Crippen LogP contribution < -0.4 is 10.6 Å². The third kappa shape index (κ3) is 10.9. The number of hydrogen-bond acceptors (Lipinski definition) is 8. The monoisotopic (exact) mass is 688 g/mol. The number of carboxylic acids is 1. The number of nitrogens with zero attached hydrogens (tertiary/aromatic N) is 4. The lowest BCUT2D eigenvalue weighted by Crippen LogP contribution is -2.51. The van der Waals surface area contributed by atoms with E-state index in [0.717, 1.165) is 28.3 Å². The molecule has 0 bridgehead atoms. The Morgan fingerprint density at radius 3 is 2.47 bits per heavy atom. The molecule has 0 fully saturated rings. The van der Waals surface area contributed by atoms with Crippen molar-refractivity contribution in [2.45, 2.75) is 58.3 Å². The van der Waals surface area contributed by atoms with E-state index in [1.807, 2.05) is 65.1 Å². The Kier molecular flexibility index (Phi) is 13.7. The zero-order chi connectivity index (χ0) is 35.3. The molecule has 3 atom stereocenters. The Balaban J connectivity index is 1.51. The summed E-state index contributed by atoms with van der Waals surface area (Å²) >= 11 is 1.52. The normalized spacial score (nSPS) is 13.1. The summed E-state index contributed by atoms with van der Waals surface area (Å²) in [7, 11) is 0. The van der Waals surface area contributed by atoms with Gasteiger partial charge in [0.2, 0.25) is 11.8 Å². The number of non-ortho nitro benzene ring substituents is 1. The highest BCUT2D eigenvalue weighted by Gasteiger charge is 2.26. The summed E-state index contributed by atoms with van der Waals surface area (Å²) in [6, 6.07) is 19.0. The van der Waals surface area contributed by atoms with Gasteiger partial charge in [-0.25, -0.2) is 9.78 Å². The molecule has 1 heterocycles. The smallest absolute Gasteiger partial charge is 0.326 e. The molecule has 260 valence electrons. The number of amides is 2. The molecule has 2 amide bonds. The number of fused-ring (bicyclic) bond motifs is 1. The topological polar surface area (TPSA) is 160 Å². The Labute approximate surface area is 290 Å². The average Bonchev–Trinajstić information content (AvgIpc) is 3.51. The first kappa shape index (κ1) is 37.1. The maximum absolute atomic E-state index is 13.5. The van der Waals surface area contributed by atoms with Gasteiger partial charge in [-0.15, -0.1) is 0 Å². The van der Waals surface area contributed by atoms with E-state index in [0.29, 0.717) is 37.5 Å². The number of carboxylic acid groups (broad SMARTS) is 1. The number of carbonyl (C=O) groups is 3. The Bertz CT molecular complexity index is 1720. The third-order valence-corrected chi connectivity index (χ3v) is 9.30. The van der Waals surface area contributed by atoms with Crippen molar-refractivity contribution in [1.29, 1.82) is 0 Å². The molecule has 4 rings (SSSR count). The second-order valence-corrected chi connectivity index (χ2v) is 13.2. The minimum absolute atomic E-state index is 0.00865. The van der Waals surface area contributed by atoms with E-state index < -0.39 is 22.8 Å². The second kappa shape index (κ2) is 18.1. The number of nitrogens with one attached hydrogen (secondary N) is 2. The maximum Gasteiger partial charge on any atom is 0.326 e. The van der Waals surface area contributed by atoms with E-state index in [9.17, 15) is 29.6 Å². The highest BCUT2D eigenvalue weighted by molar-refractivity contribution is 7.98. The van der Waals surface area contributed by atoms with Crippen LogP contribution in [0.3, 0.4) is 0 Å². The van der Waals surface area contributed by atoms with Gasteiger partial charge in [0.1, 0.15) is 6.04 Å². The van der Waals surface area contributed by atoms with Gasteiger partial charge in [-0.05, 0) is 46.2 Å². The first-order valence-corrected chi connectivity index (χ1v) is 17.7. The van der Waals surface area contributed by atoms with Crippen molar-refractivity contribution in [3.8, 4) is 0 Å². The fourth-order valence-electron chi connectivity index (χ4n) is 5.70. The van der Waals surface area contributed by atoms with Crippen LogP contribution in [0.1, 0.15) is 43.5 Å². The molecule has 12 nitrogen and oxygen atoms in total. The van der Waals surface area contributed by atoms with Gasteiger partial charge >= 0.3 is 5.97 Å². The highest BCUT2D eigenvalue weighted by Crippen LogP contribution is 2.21. The number of aliphatic carboxylic acids is 1. The van der Waals surface area contributed by atoms with E-state index in [1.54, 1.807) is 24.7 Å². The standard InChI is InChI=1S/C36H44N6O6S/c1-4-25(2)33(39-34(43)18-30-19-37-24-41(30)20-26-12-14-29(15-13-26)42(47)48)22-40(23-35(44)38-32(36(45)46)16-17-49-3)21-28-10-7-9-27-8-5-6-11-31(27)28/h5-15,19,24-25,32-33H,4,16-18,20-23H2,1-3H3,(H,38,44)(H,39,43)(H,45,46)/t25-,32-,33+/m0/s1. The van der Waals surface area contributed by atoms with Gasteiger partial charge in [0.15, 0.2) is 0 Å². The molecule has 0 unspecified atom stereocenters. The van der Waals surface area contributed by atoms with E-state index in [-0.39, 0.29) is 36.5 Å². The number of nitro groups is 1. The van der Waals surface area contributed by atoms with Crippen molar-refractivity contribution in [3.05, 3.63) is 106 Å². The average molecular weight is 689 g/mol. The third-order valence-electron chi connectivity index (χ3n) is 8.66. The zero-order valence-electron chi connectivity index (χ0n) is 28.1. The summed E-state index contributed by atoms with van der Waals surface area (Å²) in [5.41, 5.74) is 2.56. The van der Waals surface area contributed by atoms with E-state index >= 15 is 0 Å². The number of rotatable bonds is 19. The summed E-state index contributed by atoms with van der Waals surface area (Å²) in [6.07, 6.45) is 6.33. The van der Waals surface area contributed by atoms with Crippen molar-refractivity contribution in [1.82, 2.24) is 25.1 Å². The van der Waals surface area contributed by atoms with Crippen LogP contribution in [0.2, 0.25) is 0 Å². The largest absolute Gasteiger partial charge is 0.480 e. The molecule has 13 heteroatoms. The minimum atomic E-state index is -1.07. The molecule has 49 heavy (non-hydrogen) atoms. The van der Waals surface area contributed by atoms with Gasteiger partial charge in [-0.1, -0.05) is 74.9 Å². The van der Waals surface area contributed by atoms with Gasteiger partial charge in [0.05, 0.1) is 24.2 Å². The molecule has 0 aliphatic heterocycles. The van der Waals surface area contributed by atoms with Crippen LogP contribution in [-0.2, 0) is 33.9 Å². The molecule has 0 aliphatic carbocycles. The quantitative estimate of drug-likeness (QED) is 0.0921. The van der Waals surface area contributed by atoms with Gasteiger partial charge in [-0.2, -0.15) is 11.8 Å². The molecule has 0 saturated carbocycles. The molecular formula is C36H44N6O6S. The number of carbonyl (C=O) groups excluding carboxylic acids is 2. The lowest BCUT2D eigenvalue weighted by molar-refractivity contribution is -0.384. The van der Waals surface area contributed by atoms with Crippen LogP contribution in [0.4, 0.5) is 5.69 Å². The molecular weight excluding hydrogens is 644 g/mol. The summed E-state index contributed by atoms with van der Waals surface area (Å²) in [5, 5.41) is 28.8. The van der Waals surface area contributed by atoms with Crippen molar-refractivity contribution in [2.75, 3.05) is 25.1 Å². The fourth-order valence-corrected chi connectivity index (χ4v) is 6.17. The molecule has 0 saturated heterocycles. The maximum atomic E-state index is 13.5. The summed E-state index contributed by atoms with van der Waals surface area (Å²) in [4.78, 5) is 55.5. The Morgan fingerprint density at radius 1 is 1.04 bits per heavy atom. The first-order chi connectivity index (χ1) is 23.6. The van der Waals surface area contributed by atoms with Crippen molar-refractivity contribution >= 4 is 46.0 Å². The first-order valence-electron chi connectivity index (χ1n) is 16.3. The van der Waals surface area contributed by atoms with Crippen LogP contribution in [0.15, 0.2) is 79.3 Å². The van der Waals surface area contributed by atoms with Gasteiger partial charge in [0.25, 0.3) is 5.69 Å². The lowest BCUT2D eigenvalue weighted by Gasteiger charge is -2.31. The fraction of sp³-hybridized carbons (Fsp3) is 0.389. The molecule has 3 N–H and O–H groups in total. The van der Waals surface area contributed by atoms with Gasteiger partial charge in [0, 0.05) is 49.7 Å². The van der Waals surface area contributed by atoms with E-state index in [2.05, 4.69) is 22.5 Å². The number of nitro benzene ring substituents is 1. The van der Waals surface area contributed by atoms with Crippen LogP contribution >= 0.6 is 11.8 Å². The number of thioether (sulfide) groups is 1. The number of hydrogen-bond donors (Lipinski definition) is 3. The summed E-state index contributed by atoms with van der Waals surface area (Å²) in [5.74, 6) is -0.987. The van der Waals surface area contributed by atoms with Crippen molar-refractivity contribution in [2.24, 2.45) is 5.92 Å². The van der Waals surface area contributed by atoms with Gasteiger partial charge < -0.3 is 20.3 Å². The Morgan fingerprint density at radius 2 is 1.78 bits per heavy atom. The lowest BCUT2D eigenvalue weighted by atomic mass is 9.97. The molecule has 3 aromatic carbocycles. The van der Waals surface area contributed by atoms with Crippen LogP contribution in [0.25, 0.3) is 10.8 Å². The summed E-state index contributed by atoms with van der Waals surface area (Å²) < 4.78 is 1.84. The van der Waals surface area contributed by atoms with E-state index in [4.69, 9.17) is 0 Å². The molecule has 0 radical (unpaired) electrons. The minimum Gasteiger partial charge on any atom is -0.480 e. The number of imidazole rings is 1. The van der Waals surface area contributed by atoms with Gasteiger partial charge in [-0.3, -0.25) is 24.6 Å². The molecule has 1 aromatic heterocycles. The van der Waals surface area contributed by atoms with Crippen LogP contribution in [0.5, 0.6) is 0 Å². The molecule has 0 spiro atoms. The number of aromatic nitrogens is 2. The van der Waals surface area contributed by atoms with Crippen molar-refractivity contribution < 1.29 is 24.4 Å². The predicted octanol–water partition coefficient (Wildman–Crippen LogP) is 4.89. The van der Waals surface area contributed by atoms with Crippen molar-refractivity contribution in [3.63, 3.8) is 0 Å². The number of benzene rings is 3. The van der Waals surface area contributed by atoms with E-state index in [1.165, 1.54) is 23.9 Å². The zero-order valence-corrected chi connectivity index (χ0v) is 28.9. The highest BCUT2D eigenvalue weighted by atomic mass is 32.2. The predicted molar refractivity (Wildman–Crippen MR) is 191 cm³/mol.